The highest BCUT2D eigenvalue weighted by atomic mass is 79.9. The number of rotatable bonds is 4. The smallest absolute Gasteiger partial charge is 0.207 e. The van der Waals surface area contributed by atoms with Gasteiger partial charge in [-0.2, -0.15) is 0 Å². The number of halogens is 2. The van der Waals surface area contributed by atoms with E-state index in [0.717, 1.165) is 10.0 Å². The van der Waals surface area contributed by atoms with E-state index in [-0.39, 0.29) is 10.9 Å². The Bertz CT molecular complexity index is 684. The van der Waals surface area contributed by atoms with Crippen LogP contribution in [0.5, 0.6) is 0 Å². The van der Waals surface area contributed by atoms with Crippen LogP contribution >= 0.6 is 27.5 Å². The molecule has 0 heterocycles. The number of nitrogens with one attached hydrogen (secondary N) is 1. The minimum Gasteiger partial charge on any atom is -0.207 e. The van der Waals surface area contributed by atoms with Gasteiger partial charge in [0.25, 0.3) is 0 Å². The summed E-state index contributed by atoms with van der Waals surface area (Å²) < 4.78 is 28.0. The molecule has 0 saturated carbocycles. The average Bonchev–Trinajstić information content (AvgIpc) is 2.39. The maximum atomic E-state index is 12.2. The Hall–Kier alpha value is -0.880. The van der Waals surface area contributed by atoms with Gasteiger partial charge >= 0.3 is 0 Å². The molecule has 106 valence electrons. The average molecular weight is 375 g/mol. The van der Waals surface area contributed by atoms with Crippen molar-refractivity contribution in [1.82, 2.24) is 4.72 Å². The Morgan fingerprint density at radius 3 is 2.15 bits per heavy atom. The van der Waals surface area contributed by atoms with Crippen LogP contribution < -0.4 is 4.72 Å². The van der Waals surface area contributed by atoms with E-state index in [1.807, 2.05) is 0 Å². The van der Waals surface area contributed by atoms with Crippen LogP contribution in [0.1, 0.15) is 18.5 Å². The molecule has 2 rings (SSSR count). The standard InChI is InChI=1S/C14H13BrClNO2S/c1-10(11-2-6-13(16)7-3-11)17-20(18,19)14-8-4-12(15)5-9-14/h2-10,17H,1H3. The Morgan fingerprint density at radius 1 is 1.05 bits per heavy atom. The second-order valence-corrected chi connectivity index (χ2v) is 7.41. The van der Waals surface area contributed by atoms with E-state index in [4.69, 9.17) is 11.6 Å². The first-order chi connectivity index (χ1) is 9.38. The Balaban J connectivity index is 2.19. The zero-order valence-corrected chi connectivity index (χ0v) is 13.8. The SMILES string of the molecule is CC(NS(=O)(=O)c1ccc(Br)cc1)c1ccc(Cl)cc1. The third kappa shape index (κ3) is 3.82. The lowest BCUT2D eigenvalue weighted by Gasteiger charge is -2.14. The highest BCUT2D eigenvalue weighted by molar-refractivity contribution is 9.10. The van der Waals surface area contributed by atoms with Gasteiger partial charge in [-0.05, 0) is 48.9 Å². The first-order valence-corrected chi connectivity index (χ1v) is 8.57. The van der Waals surface area contributed by atoms with E-state index in [0.29, 0.717) is 5.02 Å². The van der Waals surface area contributed by atoms with E-state index >= 15 is 0 Å². The van der Waals surface area contributed by atoms with Gasteiger partial charge in [0.2, 0.25) is 10.0 Å². The molecule has 0 fully saturated rings. The molecular weight excluding hydrogens is 362 g/mol. The minimum atomic E-state index is -3.54. The predicted molar refractivity (Wildman–Crippen MR) is 84.3 cm³/mol. The second-order valence-electron chi connectivity index (χ2n) is 4.35. The van der Waals surface area contributed by atoms with Crippen LogP contribution in [0.25, 0.3) is 0 Å². The van der Waals surface area contributed by atoms with Crippen LogP contribution in [0, 0.1) is 0 Å². The Morgan fingerprint density at radius 2 is 1.60 bits per heavy atom. The molecule has 1 N–H and O–H groups in total. The van der Waals surface area contributed by atoms with Crippen molar-refractivity contribution in [3.05, 3.63) is 63.6 Å². The molecule has 1 atom stereocenters. The molecule has 0 aliphatic carbocycles. The van der Waals surface area contributed by atoms with Gasteiger partial charge in [-0.15, -0.1) is 0 Å². The number of hydrogen-bond acceptors (Lipinski definition) is 2. The first kappa shape index (κ1) is 15.5. The van der Waals surface area contributed by atoms with Crippen molar-refractivity contribution in [2.75, 3.05) is 0 Å². The van der Waals surface area contributed by atoms with Gasteiger partial charge in [0.15, 0.2) is 0 Å². The van der Waals surface area contributed by atoms with Gasteiger partial charge in [-0.25, -0.2) is 13.1 Å². The summed E-state index contributed by atoms with van der Waals surface area (Å²) in [6.07, 6.45) is 0. The number of sulfonamides is 1. The van der Waals surface area contributed by atoms with Crippen LogP contribution in [0.4, 0.5) is 0 Å². The van der Waals surface area contributed by atoms with Gasteiger partial charge in [-0.3, -0.25) is 0 Å². The quantitative estimate of drug-likeness (QED) is 0.874. The Labute approximate surface area is 132 Å². The molecule has 0 spiro atoms. The van der Waals surface area contributed by atoms with Gasteiger partial charge in [0, 0.05) is 15.5 Å². The maximum Gasteiger partial charge on any atom is 0.241 e. The predicted octanol–water partition coefficient (Wildman–Crippen LogP) is 4.14. The molecule has 0 radical (unpaired) electrons. The molecule has 20 heavy (non-hydrogen) atoms. The van der Waals surface area contributed by atoms with Crippen LogP contribution in [-0.2, 0) is 10.0 Å². The van der Waals surface area contributed by atoms with Crippen LogP contribution in [0.2, 0.25) is 5.02 Å². The lowest BCUT2D eigenvalue weighted by Crippen LogP contribution is -2.26. The minimum absolute atomic E-state index is 0.238. The maximum absolute atomic E-state index is 12.2. The highest BCUT2D eigenvalue weighted by Crippen LogP contribution is 2.20. The first-order valence-electron chi connectivity index (χ1n) is 5.92. The van der Waals surface area contributed by atoms with Gasteiger partial charge < -0.3 is 0 Å². The van der Waals surface area contributed by atoms with Crippen molar-refractivity contribution in [2.24, 2.45) is 0 Å². The second kappa shape index (κ2) is 6.26. The zero-order chi connectivity index (χ0) is 14.8. The molecule has 0 aromatic heterocycles. The van der Waals surface area contributed by atoms with Crippen molar-refractivity contribution in [1.29, 1.82) is 0 Å². The fourth-order valence-corrected chi connectivity index (χ4v) is 3.36. The van der Waals surface area contributed by atoms with Crippen LogP contribution in [-0.4, -0.2) is 8.42 Å². The van der Waals surface area contributed by atoms with Gasteiger partial charge in [-0.1, -0.05) is 39.7 Å². The normalized spacial score (nSPS) is 13.2. The van der Waals surface area contributed by atoms with Crippen molar-refractivity contribution < 1.29 is 8.42 Å². The zero-order valence-electron chi connectivity index (χ0n) is 10.7. The molecule has 6 heteroatoms. The fourth-order valence-electron chi connectivity index (χ4n) is 1.73. The van der Waals surface area contributed by atoms with Crippen molar-refractivity contribution in [2.45, 2.75) is 17.9 Å². The fraction of sp³-hybridized carbons (Fsp3) is 0.143. The molecule has 3 nitrogen and oxygen atoms in total. The van der Waals surface area contributed by atoms with Crippen molar-refractivity contribution >= 4 is 37.6 Å². The highest BCUT2D eigenvalue weighted by Gasteiger charge is 2.18. The molecule has 0 saturated heterocycles. The van der Waals surface area contributed by atoms with Crippen LogP contribution in [0.15, 0.2) is 57.9 Å². The molecule has 0 amide bonds. The summed E-state index contributed by atoms with van der Waals surface area (Å²) >= 11 is 9.10. The largest absolute Gasteiger partial charge is 0.241 e. The lowest BCUT2D eigenvalue weighted by atomic mass is 10.1. The molecular formula is C14H13BrClNO2S. The molecule has 0 aliphatic rings. The summed E-state index contributed by atoms with van der Waals surface area (Å²) in [6, 6.07) is 13.3. The molecule has 1 unspecified atom stereocenters. The molecule has 2 aromatic carbocycles. The Kier molecular flexibility index (Phi) is 4.86. The van der Waals surface area contributed by atoms with Crippen LogP contribution in [0.3, 0.4) is 0 Å². The van der Waals surface area contributed by atoms with Crippen molar-refractivity contribution in [3.8, 4) is 0 Å². The third-order valence-corrected chi connectivity index (χ3v) is 5.16. The van der Waals surface area contributed by atoms with E-state index in [9.17, 15) is 8.42 Å². The lowest BCUT2D eigenvalue weighted by molar-refractivity contribution is 0.567. The molecule has 0 aliphatic heterocycles. The third-order valence-electron chi connectivity index (χ3n) is 2.83. The summed E-state index contributed by atoms with van der Waals surface area (Å²) in [4.78, 5) is 0.238. The summed E-state index contributed by atoms with van der Waals surface area (Å²) in [5.74, 6) is 0. The van der Waals surface area contributed by atoms with E-state index < -0.39 is 10.0 Å². The summed E-state index contributed by atoms with van der Waals surface area (Å²) in [5, 5.41) is 0.622. The van der Waals surface area contributed by atoms with Crippen molar-refractivity contribution in [3.63, 3.8) is 0 Å². The summed E-state index contributed by atoms with van der Waals surface area (Å²) in [5.41, 5.74) is 0.857. The number of hydrogen-bond donors (Lipinski definition) is 1. The van der Waals surface area contributed by atoms with Gasteiger partial charge in [0.05, 0.1) is 4.90 Å². The summed E-state index contributed by atoms with van der Waals surface area (Å²) in [7, 11) is -3.54. The van der Waals surface area contributed by atoms with E-state index in [1.165, 1.54) is 0 Å². The monoisotopic (exact) mass is 373 g/mol. The molecule has 0 bridgehead atoms. The van der Waals surface area contributed by atoms with E-state index in [1.54, 1.807) is 55.5 Å². The van der Waals surface area contributed by atoms with E-state index in [2.05, 4.69) is 20.7 Å². The van der Waals surface area contributed by atoms with Gasteiger partial charge in [0.1, 0.15) is 0 Å². The summed E-state index contributed by atoms with van der Waals surface area (Å²) in [6.45, 7) is 1.79. The number of benzene rings is 2. The topological polar surface area (TPSA) is 46.2 Å². The molecule has 2 aromatic rings.